The number of sulfonamides is 1. The molecule has 1 saturated carbocycles. The summed E-state index contributed by atoms with van der Waals surface area (Å²) in [6, 6.07) is 15.9. The number of nitrogens with one attached hydrogen (secondary N) is 2. The number of para-hydroxylation sites is 2. The van der Waals surface area contributed by atoms with E-state index in [0.29, 0.717) is 17.9 Å². The quantitative estimate of drug-likeness (QED) is 0.616. The summed E-state index contributed by atoms with van der Waals surface area (Å²) in [5, 5.41) is 3.49. The summed E-state index contributed by atoms with van der Waals surface area (Å²) in [5.41, 5.74) is 1.30. The summed E-state index contributed by atoms with van der Waals surface area (Å²) in [6.45, 7) is 0.698. The van der Waals surface area contributed by atoms with Gasteiger partial charge in [-0.3, -0.25) is 4.72 Å². The van der Waals surface area contributed by atoms with Gasteiger partial charge in [0.25, 0.3) is 10.0 Å². The molecular formula is C23H26N4O3S. The number of nitrogens with zero attached hydrogens (tertiary/aromatic N) is 2. The van der Waals surface area contributed by atoms with Crippen LogP contribution in [0.25, 0.3) is 11.0 Å². The van der Waals surface area contributed by atoms with Gasteiger partial charge < -0.3 is 10.1 Å². The molecule has 1 aliphatic heterocycles. The van der Waals surface area contributed by atoms with Crippen LogP contribution in [-0.4, -0.2) is 36.6 Å². The van der Waals surface area contributed by atoms with E-state index in [0.717, 1.165) is 31.2 Å². The second-order valence-electron chi connectivity index (χ2n) is 8.40. The first-order valence-corrected chi connectivity index (χ1v) is 12.3. The van der Waals surface area contributed by atoms with Crippen LogP contribution in [0.5, 0.6) is 0 Å². The molecule has 1 unspecified atom stereocenters. The third-order valence-corrected chi connectivity index (χ3v) is 7.56. The number of aromatic nitrogens is 2. The lowest BCUT2D eigenvalue weighted by atomic mass is 9.89. The van der Waals surface area contributed by atoms with Gasteiger partial charge in [-0.25, -0.2) is 18.4 Å². The number of hydrogen-bond donors (Lipinski definition) is 2. The summed E-state index contributed by atoms with van der Waals surface area (Å²) in [5.74, 6) is 0.674. The van der Waals surface area contributed by atoms with Gasteiger partial charge in [0.05, 0.1) is 21.5 Å². The number of ether oxygens (including phenoxy) is 1. The maximum absolute atomic E-state index is 13.0. The van der Waals surface area contributed by atoms with Crippen molar-refractivity contribution in [2.45, 2.75) is 55.1 Å². The smallest absolute Gasteiger partial charge is 0.263 e. The average molecular weight is 439 g/mol. The largest absolute Gasteiger partial charge is 0.375 e. The summed E-state index contributed by atoms with van der Waals surface area (Å²) >= 11 is 0. The molecule has 5 rings (SSSR count). The van der Waals surface area contributed by atoms with Crippen LogP contribution in [0.3, 0.4) is 0 Å². The van der Waals surface area contributed by atoms with Crippen molar-refractivity contribution in [2.75, 3.05) is 16.6 Å². The molecule has 162 valence electrons. The Kier molecular flexibility index (Phi) is 5.27. The molecule has 1 aromatic heterocycles. The first-order chi connectivity index (χ1) is 15.0. The van der Waals surface area contributed by atoms with E-state index < -0.39 is 10.0 Å². The van der Waals surface area contributed by atoms with Gasteiger partial charge in [0, 0.05) is 12.6 Å². The fraction of sp³-hybridized carbons (Fsp3) is 0.391. The second kappa shape index (κ2) is 8.09. The highest BCUT2D eigenvalue weighted by atomic mass is 32.2. The molecule has 1 aliphatic carbocycles. The van der Waals surface area contributed by atoms with Crippen molar-refractivity contribution in [3.05, 3.63) is 54.6 Å². The van der Waals surface area contributed by atoms with E-state index in [1.807, 2.05) is 24.3 Å². The molecule has 0 amide bonds. The molecule has 1 spiro atoms. The lowest BCUT2D eigenvalue weighted by Crippen LogP contribution is -2.42. The maximum atomic E-state index is 13.0. The van der Waals surface area contributed by atoms with Crippen molar-refractivity contribution < 1.29 is 13.2 Å². The minimum absolute atomic E-state index is 0.0517. The molecule has 2 heterocycles. The highest BCUT2D eigenvalue weighted by molar-refractivity contribution is 7.92. The lowest BCUT2D eigenvalue weighted by molar-refractivity contribution is -0.0767. The zero-order valence-corrected chi connectivity index (χ0v) is 18.1. The molecule has 7 nitrogen and oxygen atoms in total. The van der Waals surface area contributed by atoms with E-state index in [1.165, 1.54) is 12.8 Å². The average Bonchev–Trinajstić information content (AvgIpc) is 3.22. The Labute approximate surface area is 182 Å². The van der Waals surface area contributed by atoms with E-state index in [2.05, 4.69) is 15.0 Å². The van der Waals surface area contributed by atoms with Gasteiger partial charge in [-0.1, -0.05) is 43.2 Å². The topological polar surface area (TPSA) is 93.2 Å². The van der Waals surface area contributed by atoms with E-state index in [9.17, 15) is 8.42 Å². The predicted molar refractivity (Wildman–Crippen MR) is 121 cm³/mol. The van der Waals surface area contributed by atoms with E-state index in [-0.39, 0.29) is 22.4 Å². The van der Waals surface area contributed by atoms with E-state index >= 15 is 0 Å². The van der Waals surface area contributed by atoms with Crippen molar-refractivity contribution in [1.29, 1.82) is 0 Å². The van der Waals surface area contributed by atoms with E-state index in [4.69, 9.17) is 9.72 Å². The number of anilines is 2. The molecule has 1 atom stereocenters. The molecule has 2 aliphatic rings. The van der Waals surface area contributed by atoms with Crippen molar-refractivity contribution >= 4 is 32.7 Å². The van der Waals surface area contributed by atoms with Crippen LogP contribution < -0.4 is 10.0 Å². The Morgan fingerprint density at radius 3 is 2.26 bits per heavy atom. The van der Waals surface area contributed by atoms with Gasteiger partial charge in [-0.05, 0) is 49.9 Å². The van der Waals surface area contributed by atoms with Crippen molar-refractivity contribution in [1.82, 2.24) is 9.97 Å². The molecule has 2 fully saturated rings. The minimum atomic E-state index is -3.78. The number of benzene rings is 2. The zero-order valence-electron chi connectivity index (χ0n) is 17.3. The summed E-state index contributed by atoms with van der Waals surface area (Å²) < 4.78 is 34.7. The molecule has 3 aromatic rings. The Bertz CT molecular complexity index is 1180. The monoisotopic (exact) mass is 438 g/mol. The highest BCUT2D eigenvalue weighted by Gasteiger charge is 2.40. The van der Waals surface area contributed by atoms with Gasteiger partial charge in [0.15, 0.2) is 11.6 Å². The van der Waals surface area contributed by atoms with Crippen LogP contribution in [-0.2, 0) is 14.8 Å². The third-order valence-electron chi connectivity index (χ3n) is 6.20. The van der Waals surface area contributed by atoms with E-state index in [1.54, 1.807) is 30.3 Å². The van der Waals surface area contributed by atoms with Crippen molar-refractivity contribution in [3.8, 4) is 0 Å². The van der Waals surface area contributed by atoms with Crippen LogP contribution in [0.2, 0.25) is 0 Å². The standard InChI is InChI=1S/C23H26N4O3S/c28-31(29,18-8-2-1-3-9-18)27-22-21(25-19-10-4-5-11-20(19)26-22)24-17-12-15-30-23(16-17)13-6-7-14-23/h1-5,8-11,17H,6-7,12-16H2,(H,24,25)(H,26,27). The summed E-state index contributed by atoms with van der Waals surface area (Å²) in [7, 11) is -3.78. The Morgan fingerprint density at radius 2 is 1.55 bits per heavy atom. The summed E-state index contributed by atoms with van der Waals surface area (Å²) in [6.07, 6.45) is 6.31. The van der Waals surface area contributed by atoms with Gasteiger partial charge in [0.1, 0.15) is 0 Å². The molecule has 0 radical (unpaired) electrons. The molecule has 31 heavy (non-hydrogen) atoms. The molecular weight excluding hydrogens is 412 g/mol. The van der Waals surface area contributed by atoms with Gasteiger partial charge in [-0.15, -0.1) is 0 Å². The molecule has 0 bridgehead atoms. The first-order valence-electron chi connectivity index (χ1n) is 10.8. The van der Waals surface area contributed by atoms with Crippen LogP contribution >= 0.6 is 0 Å². The van der Waals surface area contributed by atoms with Crippen molar-refractivity contribution in [3.63, 3.8) is 0 Å². The lowest BCUT2D eigenvalue weighted by Gasteiger charge is -2.38. The maximum Gasteiger partial charge on any atom is 0.263 e. The molecule has 2 aromatic carbocycles. The molecule has 2 N–H and O–H groups in total. The summed E-state index contributed by atoms with van der Waals surface area (Å²) in [4.78, 5) is 9.50. The van der Waals surface area contributed by atoms with Gasteiger partial charge in [-0.2, -0.15) is 0 Å². The highest BCUT2D eigenvalue weighted by Crippen LogP contribution is 2.41. The number of hydrogen-bond acceptors (Lipinski definition) is 6. The molecule has 8 heteroatoms. The van der Waals surface area contributed by atoms with Crippen LogP contribution in [0.15, 0.2) is 59.5 Å². The molecule has 1 saturated heterocycles. The fourth-order valence-electron chi connectivity index (χ4n) is 4.67. The Hall–Kier alpha value is -2.71. The zero-order chi connectivity index (χ0) is 21.3. The number of rotatable bonds is 5. The normalized spacial score (nSPS) is 20.7. The van der Waals surface area contributed by atoms with Gasteiger partial charge >= 0.3 is 0 Å². The van der Waals surface area contributed by atoms with Crippen LogP contribution in [0.4, 0.5) is 11.6 Å². The Morgan fingerprint density at radius 1 is 0.903 bits per heavy atom. The van der Waals surface area contributed by atoms with Crippen LogP contribution in [0.1, 0.15) is 38.5 Å². The predicted octanol–water partition coefficient (Wildman–Crippen LogP) is 4.33. The fourth-order valence-corrected chi connectivity index (χ4v) is 5.70. The third kappa shape index (κ3) is 4.22. The first kappa shape index (κ1) is 20.2. The SMILES string of the molecule is O=S(=O)(Nc1nc2ccccc2nc1NC1CCOC2(CCCC2)C1)c1ccccc1. The van der Waals surface area contributed by atoms with Crippen LogP contribution in [0, 0.1) is 0 Å². The van der Waals surface area contributed by atoms with Crippen molar-refractivity contribution in [2.24, 2.45) is 0 Å². The Balaban J connectivity index is 1.48. The number of fused-ring (bicyclic) bond motifs is 1. The second-order valence-corrected chi connectivity index (χ2v) is 10.1. The minimum Gasteiger partial charge on any atom is -0.375 e. The van der Waals surface area contributed by atoms with Gasteiger partial charge in [0.2, 0.25) is 0 Å².